The van der Waals surface area contributed by atoms with E-state index in [-0.39, 0.29) is 0 Å². The van der Waals surface area contributed by atoms with Crippen molar-refractivity contribution < 1.29 is 17.6 Å². The molecule has 0 aromatic rings. The van der Waals surface area contributed by atoms with Gasteiger partial charge in [-0.15, -0.1) is 12.8 Å². The van der Waals surface area contributed by atoms with Crippen LogP contribution in [0.1, 0.15) is 34.6 Å². The van der Waals surface area contributed by atoms with Crippen molar-refractivity contribution in [1.82, 2.24) is 0 Å². The van der Waals surface area contributed by atoms with Gasteiger partial charge in [0.1, 0.15) is 0 Å². The Morgan fingerprint density at radius 2 is 0.933 bits per heavy atom. The minimum atomic E-state index is -0.889. The van der Waals surface area contributed by atoms with Crippen LogP contribution in [0.3, 0.4) is 0 Å². The first-order valence-corrected chi connectivity index (χ1v) is 12.4. The van der Waals surface area contributed by atoms with E-state index in [1.807, 2.05) is 0 Å². The number of halogens is 2. The first-order valence-electron chi connectivity index (χ1n) is 4.42. The zero-order valence-corrected chi connectivity index (χ0v) is 14.6. The molecule has 84 valence electrons. The van der Waals surface area contributed by atoms with Gasteiger partial charge in [0.2, 0.25) is 0 Å². The molecule has 0 atom stereocenters. The van der Waals surface area contributed by atoms with Gasteiger partial charge in [-0.25, -0.2) is 0 Å². The SMILES string of the molecule is C#C.C[C]1C(C)=C(C)C(C)=C1C.[Cl][Ta][Cl]. The van der Waals surface area contributed by atoms with Crippen LogP contribution in [-0.2, 0) is 17.6 Å². The van der Waals surface area contributed by atoms with Crippen molar-refractivity contribution in [3.8, 4) is 12.8 Å². The summed E-state index contributed by atoms with van der Waals surface area (Å²) in [5, 5.41) is 0. The van der Waals surface area contributed by atoms with Crippen molar-refractivity contribution in [3.63, 3.8) is 0 Å². The minimum absolute atomic E-state index is 0.889. The van der Waals surface area contributed by atoms with Crippen LogP contribution < -0.4 is 0 Å². The van der Waals surface area contributed by atoms with Crippen LogP contribution in [0.5, 0.6) is 0 Å². The van der Waals surface area contributed by atoms with Crippen molar-refractivity contribution in [2.75, 3.05) is 0 Å². The maximum absolute atomic E-state index is 4.94. The van der Waals surface area contributed by atoms with Gasteiger partial charge in [0.25, 0.3) is 0 Å². The molecule has 1 aliphatic rings. The molecule has 0 saturated carbocycles. The van der Waals surface area contributed by atoms with E-state index in [2.05, 4.69) is 47.5 Å². The zero-order valence-electron chi connectivity index (χ0n) is 9.86. The normalized spacial score (nSPS) is 15.3. The molecule has 0 fully saturated rings. The average Bonchev–Trinajstić information content (AvgIpc) is 2.41. The van der Waals surface area contributed by atoms with E-state index in [0.29, 0.717) is 0 Å². The van der Waals surface area contributed by atoms with Gasteiger partial charge in [-0.1, -0.05) is 18.1 Å². The summed E-state index contributed by atoms with van der Waals surface area (Å²) in [4.78, 5) is 0. The van der Waals surface area contributed by atoms with E-state index < -0.39 is 17.6 Å². The van der Waals surface area contributed by atoms with Gasteiger partial charge in [0.15, 0.2) is 0 Å². The first kappa shape index (κ1) is 17.7. The summed E-state index contributed by atoms with van der Waals surface area (Å²) in [6, 6.07) is 0. The van der Waals surface area contributed by atoms with E-state index in [1.54, 1.807) is 0 Å². The van der Waals surface area contributed by atoms with Crippen molar-refractivity contribution in [2.45, 2.75) is 34.6 Å². The molecule has 0 saturated heterocycles. The van der Waals surface area contributed by atoms with Crippen LogP contribution >= 0.6 is 18.4 Å². The Hall–Kier alpha value is 0.360. The number of hydrogen-bond acceptors (Lipinski definition) is 0. The molecule has 15 heavy (non-hydrogen) atoms. The molecule has 1 radical (unpaired) electrons. The van der Waals surface area contributed by atoms with Gasteiger partial charge in [-0.05, 0) is 38.8 Å². The molecular weight excluding hydrogens is 396 g/mol. The second-order valence-electron chi connectivity index (χ2n) is 3.19. The first-order chi connectivity index (χ1) is 6.97. The van der Waals surface area contributed by atoms with E-state index in [9.17, 15) is 0 Å². The second kappa shape index (κ2) is 9.58. The van der Waals surface area contributed by atoms with Crippen LogP contribution in [-0.4, -0.2) is 0 Å². The molecule has 0 aliphatic heterocycles. The molecule has 0 nitrogen and oxygen atoms in total. The monoisotopic (exact) mass is 412 g/mol. The van der Waals surface area contributed by atoms with E-state index >= 15 is 0 Å². The topological polar surface area (TPSA) is 0 Å². The summed E-state index contributed by atoms with van der Waals surface area (Å²) >= 11 is -0.889. The number of hydrogen-bond donors (Lipinski definition) is 0. The van der Waals surface area contributed by atoms with Crippen LogP contribution in [0, 0.1) is 18.8 Å². The van der Waals surface area contributed by atoms with Gasteiger partial charge >= 0.3 is 36.0 Å². The Bertz CT molecular complexity index is 251. The standard InChI is InChI=1S/C10H15.C2H2.2ClH.Ta/c1-6-7(2)9(4)10(5)8(6)3;1-2;;;/h1-5H3;1-2H;2*1H;/q;;;;+2/p-2. The Labute approximate surface area is 111 Å². The average molecular weight is 413 g/mol. The predicted molar refractivity (Wildman–Crippen MR) is 67.3 cm³/mol. The predicted octanol–water partition coefficient (Wildman–Crippen LogP) is 4.89. The fraction of sp³-hybridized carbons (Fsp3) is 0.417. The molecule has 1 rings (SSSR count). The fourth-order valence-corrected chi connectivity index (χ4v) is 1.41. The Morgan fingerprint density at radius 3 is 1.00 bits per heavy atom. The molecular formula is C12H17Cl2Ta. The molecule has 0 aromatic heterocycles. The number of terminal acetylenes is 1. The molecule has 0 N–H and O–H groups in total. The van der Waals surface area contributed by atoms with E-state index in [0.717, 1.165) is 0 Å². The zero-order chi connectivity index (χ0) is 12.6. The van der Waals surface area contributed by atoms with E-state index in [1.165, 1.54) is 28.2 Å². The summed E-state index contributed by atoms with van der Waals surface area (Å²) in [6.45, 7) is 11.0. The summed E-state index contributed by atoms with van der Waals surface area (Å²) in [6.07, 6.45) is 8.00. The summed E-state index contributed by atoms with van der Waals surface area (Å²) in [5.74, 6) is 1.47. The molecule has 0 heterocycles. The van der Waals surface area contributed by atoms with Gasteiger partial charge < -0.3 is 0 Å². The number of rotatable bonds is 0. The summed E-state index contributed by atoms with van der Waals surface area (Å²) in [5.41, 5.74) is 5.87. The maximum atomic E-state index is 4.94. The van der Waals surface area contributed by atoms with Gasteiger partial charge in [-0.2, -0.15) is 0 Å². The fourth-order valence-electron chi connectivity index (χ4n) is 1.41. The molecule has 0 spiro atoms. The molecule has 0 bridgehead atoms. The third-order valence-corrected chi connectivity index (χ3v) is 2.81. The quantitative estimate of drug-likeness (QED) is 0.496. The number of allylic oxidation sites excluding steroid dienone is 4. The van der Waals surface area contributed by atoms with Gasteiger partial charge in [-0.3, -0.25) is 0 Å². The van der Waals surface area contributed by atoms with Crippen LogP contribution in [0.2, 0.25) is 0 Å². The Balaban J connectivity index is 0. The third-order valence-electron chi connectivity index (χ3n) is 2.81. The van der Waals surface area contributed by atoms with Crippen LogP contribution in [0.25, 0.3) is 0 Å². The molecule has 3 heteroatoms. The molecule has 0 amide bonds. The Morgan fingerprint density at radius 1 is 0.733 bits per heavy atom. The van der Waals surface area contributed by atoms with Crippen molar-refractivity contribution >= 4 is 18.4 Å². The van der Waals surface area contributed by atoms with E-state index in [4.69, 9.17) is 18.4 Å². The third kappa shape index (κ3) is 5.29. The van der Waals surface area contributed by atoms with Crippen molar-refractivity contribution in [3.05, 3.63) is 28.2 Å². The van der Waals surface area contributed by atoms with Crippen molar-refractivity contribution in [1.29, 1.82) is 0 Å². The summed E-state index contributed by atoms with van der Waals surface area (Å²) < 4.78 is 0. The van der Waals surface area contributed by atoms with Crippen LogP contribution in [0.15, 0.2) is 22.3 Å². The summed E-state index contributed by atoms with van der Waals surface area (Å²) in [7, 11) is 9.89. The second-order valence-corrected chi connectivity index (χ2v) is 7.83. The van der Waals surface area contributed by atoms with Gasteiger partial charge in [0, 0.05) is 5.92 Å². The van der Waals surface area contributed by atoms with Crippen molar-refractivity contribution in [2.24, 2.45) is 0 Å². The Kier molecular flexibility index (Phi) is 11.3. The molecule has 1 aliphatic carbocycles. The van der Waals surface area contributed by atoms with Gasteiger partial charge in [0.05, 0.1) is 0 Å². The molecule has 0 aromatic carbocycles. The van der Waals surface area contributed by atoms with Crippen LogP contribution in [0.4, 0.5) is 0 Å². The molecule has 0 unspecified atom stereocenters.